The smallest absolute Gasteiger partial charge is 0.189 e. The summed E-state index contributed by atoms with van der Waals surface area (Å²) in [5.74, 6) is 0.806. The lowest BCUT2D eigenvalue weighted by molar-refractivity contribution is 0.316. The van der Waals surface area contributed by atoms with Crippen molar-refractivity contribution in [2.75, 3.05) is 12.8 Å². The first-order chi connectivity index (χ1) is 6.29. The largest absolute Gasteiger partial charge is 0.494 e. The molecule has 1 unspecified atom stereocenters. The van der Waals surface area contributed by atoms with E-state index in [-0.39, 0.29) is 0 Å². The van der Waals surface area contributed by atoms with E-state index in [0.717, 1.165) is 5.75 Å². The minimum Gasteiger partial charge on any atom is -0.494 e. The van der Waals surface area contributed by atoms with Gasteiger partial charge < -0.3 is 9.63 Å². The summed E-state index contributed by atoms with van der Waals surface area (Å²) in [6, 6.07) is 9.43. The van der Waals surface area contributed by atoms with Crippen molar-refractivity contribution in [1.29, 1.82) is 0 Å². The van der Waals surface area contributed by atoms with Crippen LogP contribution in [-0.4, -0.2) is 17.7 Å². The third-order valence-electron chi connectivity index (χ3n) is 1.55. The van der Waals surface area contributed by atoms with Gasteiger partial charge in [-0.25, -0.2) is 0 Å². The lowest BCUT2D eigenvalue weighted by Gasteiger charge is -2.03. The minimum absolute atomic E-state index is 0.345. The summed E-state index contributed by atoms with van der Waals surface area (Å²) in [7, 11) is -2.32. The van der Waals surface area contributed by atoms with Crippen LogP contribution < -0.4 is 4.74 Å². The summed E-state index contributed by atoms with van der Waals surface area (Å²) < 4.78 is 15.7. The molecule has 72 valence electrons. The highest BCUT2D eigenvalue weighted by Crippen LogP contribution is 2.14. The van der Waals surface area contributed by atoms with E-state index in [1.54, 1.807) is 0 Å². The van der Waals surface area contributed by atoms with Gasteiger partial charge >= 0.3 is 0 Å². The number of hydrogen-bond acceptors (Lipinski definition) is 2. The van der Waals surface area contributed by atoms with Crippen molar-refractivity contribution in [3.8, 4) is 5.75 Å². The van der Waals surface area contributed by atoms with E-state index in [4.69, 9.17) is 9.63 Å². The minimum atomic E-state index is -2.32. The van der Waals surface area contributed by atoms with Gasteiger partial charge in [-0.15, -0.1) is 0 Å². The Labute approximate surface area is 78.2 Å². The number of para-hydroxylation sites is 1. The second kappa shape index (κ2) is 5.79. The fourth-order valence-corrected chi connectivity index (χ4v) is 1.38. The highest BCUT2D eigenvalue weighted by molar-refractivity contribution is 7.37. The normalized spacial score (nSPS) is 12.4. The molecule has 0 aliphatic heterocycles. The Hall–Kier alpha value is -0.790. The number of hydrogen-bond donors (Lipinski definition) is 1. The van der Waals surface area contributed by atoms with Crippen molar-refractivity contribution in [2.45, 2.75) is 6.42 Å². The highest BCUT2D eigenvalue weighted by atomic mass is 31.1. The van der Waals surface area contributed by atoms with E-state index < -0.39 is 8.03 Å². The van der Waals surface area contributed by atoms with E-state index in [0.29, 0.717) is 19.2 Å². The zero-order valence-corrected chi connectivity index (χ0v) is 8.27. The lowest BCUT2D eigenvalue weighted by Crippen LogP contribution is -1.98. The molecule has 4 heteroatoms. The van der Waals surface area contributed by atoms with Crippen LogP contribution in [0.5, 0.6) is 5.75 Å². The highest BCUT2D eigenvalue weighted by Gasteiger charge is 1.94. The summed E-state index contributed by atoms with van der Waals surface area (Å²) in [6.45, 7) is 0.501. The Morgan fingerprint density at radius 3 is 2.62 bits per heavy atom. The van der Waals surface area contributed by atoms with Crippen LogP contribution >= 0.6 is 8.03 Å². The molecule has 0 aliphatic carbocycles. The van der Waals surface area contributed by atoms with Gasteiger partial charge in [0.1, 0.15) is 5.75 Å². The van der Waals surface area contributed by atoms with E-state index in [1.165, 1.54) is 0 Å². The Morgan fingerprint density at radius 2 is 2.00 bits per heavy atom. The van der Waals surface area contributed by atoms with Crippen LogP contribution in [0.4, 0.5) is 0 Å². The van der Waals surface area contributed by atoms with Crippen molar-refractivity contribution < 1.29 is 14.2 Å². The lowest BCUT2D eigenvalue weighted by atomic mass is 10.3. The van der Waals surface area contributed by atoms with Gasteiger partial charge in [-0.05, 0) is 18.6 Å². The van der Waals surface area contributed by atoms with Gasteiger partial charge in [0.05, 0.1) is 6.61 Å². The zero-order chi connectivity index (χ0) is 9.52. The summed E-state index contributed by atoms with van der Waals surface area (Å²) >= 11 is 0. The maximum absolute atomic E-state index is 10.3. The summed E-state index contributed by atoms with van der Waals surface area (Å²) in [4.78, 5) is 8.54. The average Bonchev–Trinajstić information content (AvgIpc) is 2.14. The molecule has 1 N–H and O–H groups in total. The van der Waals surface area contributed by atoms with Gasteiger partial charge in [-0.1, -0.05) is 18.2 Å². The van der Waals surface area contributed by atoms with E-state index in [1.807, 2.05) is 30.3 Å². The Balaban J connectivity index is 2.17. The second-order valence-corrected chi connectivity index (χ2v) is 3.95. The van der Waals surface area contributed by atoms with Crippen LogP contribution in [0, 0.1) is 0 Å². The van der Waals surface area contributed by atoms with Crippen LogP contribution in [0.1, 0.15) is 6.42 Å². The molecule has 0 bridgehead atoms. The van der Waals surface area contributed by atoms with Crippen LogP contribution in [-0.2, 0) is 4.57 Å². The average molecular weight is 200 g/mol. The number of rotatable bonds is 5. The monoisotopic (exact) mass is 200 g/mol. The fraction of sp³-hybridized carbons (Fsp3) is 0.333. The molecule has 0 heterocycles. The molecule has 0 amide bonds. The first kappa shape index (κ1) is 10.3. The molecule has 0 radical (unpaired) electrons. The maximum atomic E-state index is 10.3. The van der Waals surface area contributed by atoms with Crippen LogP contribution in [0.15, 0.2) is 30.3 Å². The predicted molar refractivity (Wildman–Crippen MR) is 52.6 cm³/mol. The molecule has 0 aliphatic rings. The third-order valence-corrected chi connectivity index (χ3v) is 2.33. The molecule has 0 aromatic heterocycles. The quantitative estimate of drug-likeness (QED) is 0.583. The van der Waals surface area contributed by atoms with E-state index >= 15 is 0 Å². The molecule has 1 aromatic carbocycles. The standard InChI is InChI=1S/C9H13O3P/c10-13(11)8-4-7-12-9-5-2-1-3-6-9/h1-3,5-6,13H,4,7-8H2,(H,10,11). The van der Waals surface area contributed by atoms with Crippen LogP contribution in [0.3, 0.4) is 0 Å². The summed E-state index contributed by atoms with van der Waals surface area (Å²) in [5, 5.41) is 0. The van der Waals surface area contributed by atoms with Crippen molar-refractivity contribution in [3.63, 3.8) is 0 Å². The fourth-order valence-electron chi connectivity index (χ4n) is 0.930. The van der Waals surface area contributed by atoms with Gasteiger partial charge in [-0.3, -0.25) is 4.57 Å². The molecule has 3 nitrogen and oxygen atoms in total. The molecule has 0 saturated carbocycles. The molecular weight excluding hydrogens is 187 g/mol. The number of benzene rings is 1. The first-order valence-electron chi connectivity index (χ1n) is 4.18. The second-order valence-electron chi connectivity index (χ2n) is 2.66. The first-order valence-corrected chi connectivity index (χ1v) is 5.75. The Kier molecular flexibility index (Phi) is 4.58. The van der Waals surface area contributed by atoms with Crippen molar-refractivity contribution >= 4 is 8.03 Å². The molecule has 0 fully saturated rings. The molecule has 1 atom stereocenters. The van der Waals surface area contributed by atoms with E-state index in [2.05, 4.69) is 0 Å². The Morgan fingerprint density at radius 1 is 1.31 bits per heavy atom. The zero-order valence-electron chi connectivity index (χ0n) is 7.27. The number of ether oxygens (including phenoxy) is 1. The predicted octanol–water partition coefficient (Wildman–Crippen LogP) is 1.92. The van der Waals surface area contributed by atoms with Crippen LogP contribution in [0.2, 0.25) is 0 Å². The summed E-state index contributed by atoms with van der Waals surface area (Å²) in [5.41, 5.74) is 0. The van der Waals surface area contributed by atoms with Gasteiger partial charge in [0.2, 0.25) is 0 Å². The van der Waals surface area contributed by atoms with Crippen molar-refractivity contribution in [1.82, 2.24) is 0 Å². The van der Waals surface area contributed by atoms with Crippen LogP contribution in [0.25, 0.3) is 0 Å². The van der Waals surface area contributed by atoms with Gasteiger partial charge in [0.15, 0.2) is 8.03 Å². The molecule has 0 saturated heterocycles. The SMILES string of the molecule is O=[PH](O)CCCOc1ccccc1. The molecule has 1 rings (SSSR count). The molecule has 0 spiro atoms. The van der Waals surface area contributed by atoms with Gasteiger partial charge in [0, 0.05) is 6.16 Å². The molecule has 1 aromatic rings. The van der Waals surface area contributed by atoms with Crippen molar-refractivity contribution in [2.24, 2.45) is 0 Å². The Bertz CT molecular complexity index is 261. The van der Waals surface area contributed by atoms with Gasteiger partial charge in [-0.2, -0.15) is 0 Å². The third kappa shape index (κ3) is 4.71. The maximum Gasteiger partial charge on any atom is 0.189 e. The summed E-state index contributed by atoms with van der Waals surface area (Å²) in [6.07, 6.45) is 0.973. The van der Waals surface area contributed by atoms with Gasteiger partial charge in [0.25, 0.3) is 0 Å². The topological polar surface area (TPSA) is 46.5 Å². The van der Waals surface area contributed by atoms with E-state index in [9.17, 15) is 4.57 Å². The molecule has 13 heavy (non-hydrogen) atoms. The molecular formula is C9H13O3P. The van der Waals surface area contributed by atoms with Crippen molar-refractivity contribution in [3.05, 3.63) is 30.3 Å².